The Morgan fingerprint density at radius 2 is 2.04 bits per heavy atom. The third kappa shape index (κ3) is 9.41. The highest BCUT2D eigenvalue weighted by Gasteiger charge is 2.19. The second kappa shape index (κ2) is 11.5. The van der Waals surface area contributed by atoms with Crippen LogP contribution in [0.1, 0.15) is 31.8 Å². The van der Waals surface area contributed by atoms with E-state index in [9.17, 15) is 5.11 Å². The smallest absolute Gasteiger partial charge is 0.191 e. The molecule has 3 N–H and O–H groups in total. The van der Waals surface area contributed by atoms with E-state index in [2.05, 4.69) is 48.5 Å². The monoisotopic (exact) mass is 488 g/mol. The molecule has 8 heteroatoms. The molecule has 0 saturated heterocycles. The van der Waals surface area contributed by atoms with Crippen LogP contribution in [0.2, 0.25) is 4.34 Å². The Morgan fingerprint density at radius 3 is 2.54 bits per heavy atom. The highest BCUT2D eigenvalue weighted by molar-refractivity contribution is 14.0. The molecule has 0 saturated carbocycles. The summed E-state index contributed by atoms with van der Waals surface area (Å²) >= 11 is 7.30. The van der Waals surface area contributed by atoms with E-state index in [1.165, 1.54) is 11.3 Å². The van der Waals surface area contributed by atoms with E-state index in [1.807, 2.05) is 13.0 Å². The van der Waals surface area contributed by atoms with Gasteiger partial charge in [-0.1, -0.05) is 25.4 Å². The zero-order valence-corrected chi connectivity index (χ0v) is 19.0. The lowest BCUT2D eigenvalue weighted by Crippen LogP contribution is -2.40. The maximum Gasteiger partial charge on any atom is 0.191 e. The Balaban J connectivity index is 0.00000529. The minimum atomic E-state index is -0.592. The van der Waals surface area contributed by atoms with Gasteiger partial charge in [0.1, 0.15) is 6.10 Å². The predicted octanol–water partition coefficient (Wildman–Crippen LogP) is 3.20. The molecule has 1 heterocycles. The van der Waals surface area contributed by atoms with Crippen molar-refractivity contribution in [1.29, 1.82) is 0 Å². The summed E-state index contributed by atoms with van der Waals surface area (Å²) in [6.07, 6.45) is -0.592. The highest BCUT2D eigenvalue weighted by Crippen LogP contribution is 2.26. The van der Waals surface area contributed by atoms with E-state index in [-0.39, 0.29) is 29.4 Å². The third-order valence-corrected chi connectivity index (χ3v) is 4.47. The number of hydrogen-bond acceptors (Lipinski definition) is 4. The second-order valence-electron chi connectivity index (χ2n) is 6.64. The van der Waals surface area contributed by atoms with Gasteiger partial charge in [0.25, 0.3) is 0 Å². The molecule has 0 aliphatic heterocycles. The third-order valence-electron chi connectivity index (χ3n) is 3.14. The molecule has 0 amide bonds. The van der Waals surface area contributed by atoms with Crippen LogP contribution in [0.15, 0.2) is 17.1 Å². The van der Waals surface area contributed by atoms with Gasteiger partial charge >= 0.3 is 0 Å². The molecule has 0 bridgehead atoms. The van der Waals surface area contributed by atoms with Gasteiger partial charge in [0, 0.05) is 31.1 Å². The first-order valence-corrected chi connectivity index (χ1v) is 9.03. The second-order valence-corrected chi connectivity index (χ2v) is 8.38. The van der Waals surface area contributed by atoms with Crippen molar-refractivity contribution in [2.45, 2.75) is 26.9 Å². The van der Waals surface area contributed by atoms with Crippen molar-refractivity contribution < 1.29 is 5.11 Å². The SMILES string of the molecule is CCNC(=NCC(C)(C)CN(C)C)NCC(O)c1ccc(Cl)s1.I. The molecule has 1 unspecified atom stereocenters. The van der Waals surface area contributed by atoms with Gasteiger partial charge in [-0.3, -0.25) is 4.99 Å². The zero-order chi connectivity index (χ0) is 17.5. The van der Waals surface area contributed by atoms with Crippen molar-refractivity contribution in [1.82, 2.24) is 15.5 Å². The van der Waals surface area contributed by atoms with Crippen LogP contribution >= 0.6 is 46.9 Å². The summed E-state index contributed by atoms with van der Waals surface area (Å²) in [5.74, 6) is 0.723. The number of aliphatic hydroxyl groups is 1. The summed E-state index contributed by atoms with van der Waals surface area (Å²) in [6, 6.07) is 3.65. The van der Waals surface area contributed by atoms with Gasteiger partial charge < -0.3 is 20.6 Å². The number of hydrogen-bond donors (Lipinski definition) is 3. The van der Waals surface area contributed by atoms with Crippen LogP contribution in [0.3, 0.4) is 0 Å². The Bertz CT molecular complexity index is 508. The number of thiophene rings is 1. The summed E-state index contributed by atoms with van der Waals surface area (Å²) in [6.45, 7) is 9.27. The first-order chi connectivity index (χ1) is 10.7. The molecule has 5 nitrogen and oxygen atoms in total. The Labute approximate surface area is 171 Å². The van der Waals surface area contributed by atoms with Gasteiger partial charge in [0.15, 0.2) is 5.96 Å². The number of nitrogens with one attached hydrogen (secondary N) is 2. The van der Waals surface area contributed by atoms with Gasteiger partial charge in [-0.05, 0) is 38.6 Å². The van der Waals surface area contributed by atoms with E-state index >= 15 is 0 Å². The summed E-state index contributed by atoms with van der Waals surface area (Å²) in [4.78, 5) is 7.66. The quantitative estimate of drug-likeness (QED) is 0.299. The average Bonchev–Trinajstić information content (AvgIpc) is 2.87. The van der Waals surface area contributed by atoms with E-state index in [4.69, 9.17) is 11.6 Å². The first-order valence-electron chi connectivity index (χ1n) is 7.83. The molecule has 0 radical (unpaired) electrons. The molecule has 0 aliphatic rings. The molecule has 0 fully saturated rings. The number of guanidine groups is 1. The number of rotatable bonds is 8. The van der Waals surface area contributed by atoms with Gasteiger partial charge in [-0.2, -0.15) is 0 Å². The predicted molar refractivity (Wildman–Crippen MR) is 116 cm³/mol. The molecule has 140 valence electrons. The van der Waals surface area contributed by atoms with E-state index < -0.39 is 6.10 Å². The van der Waals surface area contributed by atoms with Crippen LogP contribution in [0.25, 0.3) is 0 Å². The Kier molecular flexibility index (Phi) is 11.5. The Morgan fingerprint density at radius 1 is 1.38 bits per heavy atom. The summed E-state index contributed by atoms with van der Waals surface area (Å²) in [5, 5.41) is 16.6. The lowest BCUT2D eigenvalue weighted by molar-refractivity contribution is 0.184. The topological polar surface area (TPSA) is 59.9 Å². The molecule has 1 aromatic rings. The van der Waals surface area contributed by atoms with Crippen molar-refractivity contribution in [3.63, 3.8) is 0 Å². The zero-order valence-electron chi connectivity index (χ0n) is 15.1. The molecule has 1 aromatic heterocycles. The molecule has 0 aliphatic carbocycles. The van der Waals surface area contributed by atoms with Crippen molar-refractivity contribution in [2.75, 3.05) is 40.3 Å². The maximum atomic E-state index is 10.2. The fourth-order valence-corrected chi connectivity index (χ4v) is 3.39. The lowest BCUT2D eigenvalue weighted by Gasteiger charge is -2.27. The van der Waals surface area contributed by atoms with Gasteiger partial charge in [0.05, 0.1) is 4.34 Å². The van der Waals surface area contributed by atoms with E-state index in [1.54, 1.807) is 6.07 Å². The average molecular weight is 489 g/mol. The van der Waals surface area contributed by atoms with Crippen LogP contribution in [-0.2, 0) is 0 Å². The number of halogens is 2. The minimum Gasteiger partial charge on any atom is -0.386 e. The maximum absolute atomic E-state index is 10.2. The normalized spacial score (nSPS) is 13.6. The van der Waals surface area contributed by atoms with Crippen LogP contribution in [-0.4, -0.2) is 56.2 Å². The fraction of sp³-hybridized carbons (Fsp3) is 0.688. The summed E-state index contributed by atoms with van der Waals surface area (Å²) in [5.41, 5.74) is 0.0890. The summed E-state index contributed by atoms with van der Waals surface area (Å²) < 4.78 is 0.685. The molecular formula is C16H30ClIN4OS. The van der Waals surface area contributed by atoms with Crippen LogP contribution in [0, 0.1) is 5.41 Å². The van der Waals surface area contributed by atoms with Crippen LogP contribution < -0.4 is 10.6 Å². The standard InChI is InChI=1S/C16H29ClN4OS.HI/c1-6-18-15(20-10-16(2,3)11-21(4)5)19-9-12(22)13-7-8-14(17)23-13;/h7-8,12,22H,6,9-11H2,1-5H3,(H2,18,19,20);1H. The fourth-order valence-electron chi connectivity index (χ4n) is 2.34. The molecular weight excluding hydrogens is 459 g/mol. The molecule has 0 spiro atoms. The van der Waals surface area contributed by atoms with Crippen molar-refractivity contribution in [2.24, 2.45) is 10.4 Å². The van der Waals surface area contributed by atoms with Crippen LogP contribution in [0.5, 0.6) is 0 Å². The van der Waals surface area contributed by atoms with Gasteiger partial charge in [-0.15, -0.1) is 35.3 Å². The largest absolute Gasteiger partial charge is 0.386 e. The molecule has 1 rings (SSSR count). The van der Waals surface area contributed by atoms with Crippen LogP contribution in [0.4, 0.5) is 0 Å². The first kappa shape index (κ1) is 23.9. The Hall–Kier alpha value is -0.0900. The number of nitrogens with zero attached hydrogens (tertiary/aromatic N) is 2. The minimum absolute atomic E-state index is 0. The van der Waals surface area contributed by atoms with Gasteiger partial charge in [0.2, 0.25) is 0 Å². The lowest BCUT2D eigenvalue weighted by atomic mass is 9.93. The molecule has 0 aromatic carbocycles. The van der Waals surface area contributed by atoms with Crippen molar-refractivity contribution >= 4 is 52.9 Å². The summed E-state index contributed by atoms with van der Waals surface area (Å²) in [7, 11) is 4.13. The van der Waals surface area contributed by atoms with E-state index in [0.717, 1.165) is 23.9 Å². The van der Waals surface area contributed by atoms with Crippen molar-refractivity contribution in [3.05, 3.63) is 21.3 Å². The van der Waals surface area contributed by atoms with Gasteiger partial charge in [-0.25, -0.2) is 0 Å². The number of aliphatic hydroxyl groups excluding tert-OH is 1. The number of aliphatic imine (C=N–C) groups is 1. The van der Waals surface area contributed by atoms with E-state index in [0.29, 0.717) is 17.4 Å². The molecule has 24 heavy (non-hydrogen) atoms. The van der Waals surface area contributed by atoms with Crippen molar-refractivity contribution in [3.8, 4) is 0 Å². The highest BCUT2D eigenvalue weighted by atomic mass is 127. The molecule has 1 atom stereocenters.